The zero-order valence-corrected chi connectivity index (χ0v) is 15.1. The lowest BCUT2D eigenvalue weighted by Gasteiger charge is -2.13. The van der Waals surface area contributed by atoms with Gasteiger partial charge < -0.3 is 15.2 Å². The van der Waals surface area contributed by atoms with Crippen LogP contribution in [0.4, 0.5) is 0 Å². The van der Waals surface area contributed by atoms with E-state index in [-0.39, 0.29) is 23.1 Å². The summed E-state index contributed by atoms with van der Waals surface area (Å²) in [5.74, 6) is 0.678. The predicted octanol–water partition coefficient (Wildman–Crippen LogP) is 1.91. The molecule has 0 unspecified atom stereocenters. The maximum atomic E-state index is 12.3. The summed E-state index contributed by atoms with van der Waals surface area (Å²) in [6.45, 7) is 0.873. The van der Waals surface area contributed by atoms with Crippen LogP contribution in [-0.4, -0.2) is 35.7 Å². The van der Waals surface area contributed by atoms with Gasteiger partial charge in [0.05, 0.1) is 18.7 Å². The lowest BCUT2D eigenvalue weighted by Crippen LogP contribution is -2.25. The van der Waals surface area contributed by atoms with Gasteiger partial charge in [0.25, 0.3) is 0 Å². The van der Waals surface area contributed by atoms with Crippen LogP contribution in [0.1, 0.15) is 12.8 Å². The third-order valence-electron chi connectivity index (χ3n) is 2.65. The van der Waals surface area contributed by atoms with E-state index in [2.05, 4.69) is 20.7 Å². The summed E-state index contributed by atoms with van der Waals surface area (Å²) in [5, 5.41) is 0. The van der Waals surface area contributed by atoms with Crippen LogP contribution in [0.5, 0.6) is 11.5 Å². The Balaban J connectivity index is 0.00000400. The zero-order valence-electron chi connectivity index (χ0n) is 11.9. The molecule has 1 rings (SSSR count). The third kappa shape index (κ3) is 5.63. The fourth-order valence-electron chi connectivity index (χ4n) is 1.60. The fourth-order valence-corrected chi connectivity index (χ4v) is 3.32. The highest BCUT2D eigenvalue weighted by molar-refractivity contribution is 9.10. The number of benzene rings is 1. The number of methoxy groups -OCH3 is 2. The first-order valence-corrected chi connectivity index (χ1v) is 8.35. The normalized spacial score (nSPS) is 10.9. The van der Waals surface area contributed by atoms with Gasteiger partial charge in [-0.05, 0) is 41.4 Å². The Morgan fingerprint density at radius 3 is 2.33 bits per heavy atom. The van der Waals surface area contributed by atoms with E-state index in [1.807, 2.05) is 0 Å². The molecule has 122 valence electrons. The number of rotatable bonds is 8. The SMILES string of the molecule is COc1cc(S(=O)(=O)NCCCCN)c(OC)cc1Br.Cl. The summed E-state index contributed by atoms with van der Waals surface area (Å²) < 4.78 is 37.9. The molecule has 0 aliphatic heterocycles. The first kappa shape index (κ1) is 20.5. The Kier molecular flexibility index (Phi) is 9.23. The first-order chi connectivity index (χ1) is 9.46. The summed E-state index contributed by atoms with van der Waals surface area (Å²) >= 11 is 3.29. The molecular formula is C12H20BrClN2O4S. The lowest BCUT2D eigenvalue weighted by atomic mass is 10.3. The average molecular weight is 404 g/mol. The van der Waals surface area contributed by atoms with Crippen molar-refractivity contribution in [2.75, 3.05) is 27.3 Å². The largest absolute Gasteiger partial charge is 0.496 e. The summed E-state index contributed by atoms with van der Waals surface area (Å²) in [5.41, 5.74) is 5.37. The van der Waals surface area contributed by atoms with Crippen molar-refractivity contribution in [2.24, 2.45) is 5.73 Å². The number of nitrogens with one attached hydrogen (secondary N) is 1. The standard InChI is InChI=1S/C12H19BrN2O4S.ClH/c1-18-10-8-12(11(19-2)7-9(10)13)20(16,17)15-6-4-3-5-14;/h7-8,15H,3-6,14H2,1-2H3;1H. The van der Waals surface area contributed by atoms with Gasteiger partial charge in [0.15, 0.2) is 0 Å². The molecule has 0 saturated carbocycles. The molecule has 0 amide bonds. The van der Waals surface area contributed by atoms with Crippen molar-refractivity contribution in [2.45, 2.75) is 17.7 Å². The minimum absolute atomic E-state index is 0. The van der Waals surface area contributed by atoms with Crippen LogP contribution in [0.25, 0.3) is 0 Å². The van der Waals surface area contributed by atoms with Gasteiger partial charge in [-0.3, -0.25) is 0 Å². The van der Waals surface area contributed by atoms with E-state index in [0.29, 0.717) is 29.7 Å². The molecule has 0 bridgehead atoms. The molecule has 0 aromatic heterocycles. The van der Waals surface area contributed by atoms with Crippen molar-refractivity contribution in [3.8, 4) is 11.5 Å². The molecule has 9 heteroatoms. The van der Waals surface area contributed by atoms with Crippen molar-refractivity contribution in [3.05, 3.63) is 16.6 Å². The molecular weight excluding hydrogens is 384 g/mol. The molecule has 0 atom stereocenters. The second-order valence-corrected chi connectivity index (χ2v) is 6.62. The number of hydrogen-bond acceptors (Lipinski definition) is 5. The summed E-state index contributed by atoms with van der Waals surface area (Å²) in [6, 6.07) is 2.99. The number of hydrogen-bond donors (Lipinski definition) is 2. The Morgan fingerprint density at radius 2 is 1.81 bits per heavy atom. The topological polar surface area (TPSA) is 90.7 Å². The van der Waals surface area contributed by atoms with E-state index in [1.165, 1.54) is 20.3 Å². The fraction of sp³-hybridized carbons (Fsp3) is 0.500. The second-order valence-electron chi connectivity index (χ2n) is 4.03. The maximum absolute atomic E-state index is 12.3. The van der Waals surface area contributed by atoms with Crippen molar-refractivity contribution in [3.63, 3.8) is 0 Å². The molecule has 0 fully saturated rings. The van der Waals surface area contributed by atoms with E-state index in [4.69, 9.17) is 15.2 Å². The number of halogens is 2. The number of unbranched alkanes of at least 4 members (excludes halogenated alkanes) is 1. The van der Waals surface area contributed by atoms with Crippen LogP contribution in [-0.2, 0) is 10.0 Å². The van der Waals surface area contributed by atoms with E-state index < -0.39 is 10.0 Å². The number of nitrogens with two attached hydrogens (primary N) is 1. The van der Waals surface area contributed by atoms with Crippen molar-refractivity contribution in [1.82, 2.24) is 4.72 Å². The number of sulfonamides is 1. The van der Waals surface area contributed by atoms with E-state index in [1.54, 1.807) is 6.07 Å². The van der Waals surface area contributed by atoms with Crippen molar-refractivity contribution in [1.29, 1.82) is 0 Å². The van der Waals surface area contributed by atoms with Crippen molar-refractivity contribution >= 4 is 38.4 Å². The molecule has 0 heterocycles. The van der Waals surface area contributed by atoms with E-state index >= 15 is 0 Å². The molecule has 0 saturated heterocycles. The van der Waals surface area contributed by atoms with Crippen LogP contribution in [0.3, 0.4) is 0 Å². The highest BCUT2D eigenvalue weighted by Gasteiger charge is 2.21. The second kappa shape index (κ2) is 9.47. The highest BCUT2D eigenvalue weighted by atomic mass is 79.9. The molecule has 21 heavy (non-hydrogen) atoms. The van der Waals surface area contributed by atoms with Crippen LogP contribution in [0.15, 0.2) is 21.5 Å². The molecule has 0 radical (unpaired) electrons. The molecule has 3 N–H and O–H groups in total. The summed E-state index contributed by atoms with van der Waals surface area (Å²) in [6.07, 6.45) is 1.45. The average Bonchev–Trinajstić information content (AvgIpc) is 2.43. The molecule has 0 aliphatic rings. The highest BCUT2D eigenvalue weighted by Crippen LogP contribution is 2.35. The molecule has 1 aromatic rings. The summed E-state index contributed by atoms with van der Waals surface area (Å²) in [7, 11) is -0.761. The number of ether oxygens (including phenoxy) is 2. The molecule has 0 aliphatic carbocycles. The minimum atomic E-state index is -3.65. The summed E-state index contributed by atoms with van der Waals surface area (Å²) in [4.78, 5) is 0.0489. The van der Waals surface area contributed by atoms with Gasteiger partial charge in [0.2, 0.25) is 10.0 Å². The third-order valence-corrected chi connectivity index (χ3v) is 4.75. The van der Waals surface area contributed by atoms with Crippen molar-refractivity contribution < 1.29 is 17.9 Å². The quantitative estimate of drug-likeness (QED) is 0.647. The monoisotopic (exact) mass is 402 g/mol. The van der Waals surface area contributed by atoms with Gasteiger partial charge in [-0.15, -0.1) is 12.4 Å². The van der Waals surface area contributed by atoms with Gasteiger partial charge in [-0.1, -0.05) is 0 Å². The van der Waals surface area contributed by atoms with Gasteiger partial charge in [0, 0.05) is 12.6 Å². The van der Waals surface area contributed by atoms with E-state index in [0.717, 1.165) is 6.42 Å². The molecule has 0 spiro atoms. The minimum Gasteiger partial charge on any atom is -0.496 e. The Morgan fingerprint density at radius 1 is 1.19 bits per heavy atom. The zero-order chi connectivity index (χ0) is 15.2. The Labute approximate surface area is 140 Å². The van der Waals surface area contributed by atoms with Gasteiger partial charge in [-0.2, -0.15) is 0 Å². The lowest BCUT2D eigenvalue weighted by molar-refractivity contribution is 0.390. The maximum Gasteiger partial charge on any atom is 0.244 e. The van der Waals surface area contributed by atoms with Gasteiger partial charge in [0.1, 0.15) is 16.4 Å². The predicted molar refractivity (Wildman–Crippen MR) is 88.0 cm³/mol. The molecule has 1 aromatic carbocycles. The Hall–Kier alpha value is -0.540. The molecule has 6 nitrogen and oxygen atoms in total. The van der Waals surface area contributed by atoms with Crippen LogP contribution >= 0.6 is 28.3 Å². The van der Waals surface area contributed by atoms with E-state index in [9.17, 15) is 8.42 Å². The van der Waals surface area contributed by atoms with Crippen LogP contribution in [0.2, 0.25) is 0 Å². The van der Waals surface area contributed by atoms with Crippen LogP contribution in [0, 0.1) is 0 Å². The van der Waals surface area contributed by atoms with Crippen LogP contribution < -0.4 is 19.9 Å². The first-order valence-electron chi connectivity index (χ1n) is 6.07. The van der Waals surface area contributed by atoms with Gasteiger partial charge in [-0.25, -0.2) is 13.1 Å². The van der Waals surface area contributed by atoms with Gasteiger partial charge >= 0.3 is 0 Å². The smallest absolute Gasteiger partial charge is 0.244 e. The Bertz CT molecular complexity index is 554.